The van der Waals surface area contributed by atoms with Gasteiger partial charge in [0, 0.05) is 5.54 Å². The first-order valence-electron chi connectivity index (χ1n) is 4.83. The van der Waals surface area contributed by atoms with Crippen LogP contribution in [0.25, 0.3) is 0 Å². The van der Waals surface area contributed by atoms with Crippen molar-refractivity contribution in [3.05, 3.63) is 35.9 Å². The van der Waals surface area contributed by atoms with Gasteiger partial charge in [0.25, 0.3) is 0 Å². The van der Waals surface area contributed by atoms with Crippen molar-refractivity contribution in [3.8, 4) is 0 Å². The summed E-state index contributed by atoms with van der Waals surface area (Å²) < 4.78 is 0. The van der Waals surface area contributed by atoms with E-state index in [1.165, 1.54) is 5.56 Å². The smallest absolute Gasteiger partial charge is 0.189 e. The van der Waals surface area contributed by atoms with E-state index in [4.69, 9.17) is 0 Å². The molecule has 1 atom stereocenters. The Hall–Kier alpha value is -0.603. The van der Waals surface area contributed by atoms with Gasteiger partial charge in [-0.1, -0.05) is 37.3 Å². The summed E-state index contributed by atoms with van der Waals surface area (Å²) in [6.07, 6.45) is 1.03. The van der Waals surface area contributed by atoms with Gasteiger partial charge >= 0.3 is 0 Å². The van der Waals surface area contributed by atoms with E-state index in [-0.39, 0.29) is 0 Å². The second kappa shape index (κ2) is 4.07. The number of hydrogen-bond acceptors (Lipinski definition) is 1. The number of hydrogen-bond donors (Lipinski definition) is 1. The lowest BCUT2D eigenvalue weighted by Gasteiger charge is -2.26. The second-order valence-corrected chi connectivity index (χ2v) is 8.03. The number of benzene rings is 1. The van der Waals surface area contributed by atoms with Gasteiger partial charge < -0.3 is 4.80 Å². The van der Waals surface area contributed by atoms with Crippen molar-refractivity contribution in [3.63, 3.8) is 0 Å². The first-order chi connectivity index (χ1) is 6.05. The Balaban J connectivity index is 2.92. The first kappa shape index (κ1) is 10.5. The van der Waals surface area contributed by atoms with Gasteiger partial charge in [0.15, 0.2) is 8.32 Å². The molecule has 1 nitrogen and oxygen atoms in total. The quantitative estimate of drug-likeness (QED) is 0.734. The lowest BCUT2D eigenvalue weighted by molar-refractivity contribution is 0.521. The van der Waals surface area contributed by atoms with Crippen molar-refractivity contribution in [2.45, 2.75) is 32.0 Å². The first-order valence-corrected chi connectivity index (χ1v) is 7.85. The third-order valence-electron chi connectivity index (χ3n) is 2.46. The zero-order valence-electron chi connectivity index (χ0n) is 8.62. The highest BCUT2D eigenvalue weighted by atomic mass is 28.4. The minimum absolute atomic E-state index is 0.369. The monoisotopic (exact) mass is 194 g/mol. The maximum Gasteiger partial charge on any atom is 0.189 e. The van der Waals surface area contributed by atoms with Gasteiger partial charge in [0.1, 0.15) is 0 Å². The second-order valence-electron chi connectivity index (χ2n) is 4.03. The summed E-state index contributed by atoms with van der Waals surface area (Å²) in [5.41, 5.74) is 1.65. The Labute approximate surface area is 81.6 Å². The molecule has 0 aromatic heterocycles. The summed E-state index contributed by atoms with van der Waals surface area (Å²) in [5, 5.41) is 0. The van der Waals surface area contributed by atoms with Crippen molar-refractivity contribution in [2.75, 3.05) is 0 Å². The molecule has 0 spiro atoms. The zero-order chi connectivity index (χ0) is 9.90. The normalized spacial score (nSPS) is 14.2. The molecule has 0 radical (unpaired) electrons. The maximum atomic E-state index is 10.1. The van der Waals surface area contributed by atoms with Gasteiger partial charge in [-0.05, 0) is 25.1 Å². The van der Waals surface area contributed by atoms with Crippen LogP contribution in [-0.4, -0.2) is 13.1 Å². The van der Waals surface area contributed by atoms with Crippen LogP contribution in [0.4, 0.5) is 0 Å². The van der Waals surface area contributed by atoms with Crippen LogP contribution in [0.15, 0.2) is 30.3 Å². The highest BCUT2D eigenvalue weighted by molar-refractivity contribution is 6.71. The molecule has 13 heavy (non-hydrogen) atoms. The predicted molar refractivity (Wildman–Crippen MR) is 59.2 cm³/mol. The minimum Gasteiger partial charge on any atom is -0.432 e. The standard InChI is InChI=1S/C11H18OSi/c1-4-11(13(2,3)12)10-8-6-5-7-9-10/h5-9,11-12H,4H2,1-3H3. The molecule has 0 amide bonds. The molecular formula is C11H18OSi. The SMILES string of the molecule is CCC(c1ccccc1)[Si](C)(C)O. The number of rotatable bonds is 3. The van der Waals surface area contributed by atoms with E-state index in [0.29, 0.717) is 5.54 Å². The van der Waals surface area contributed by atoms with E-state index in [2.05, 4.69) is 19.1 Å². The van der Waals surface area contributed by atoms with E-state index < -0.39 is 8.32 Å². The molecule has 1 rings (SSSR count). The minimum atomic E-state index is -2.03. The van der Waals surface area contributed by atoms with Crippen LogP contribution in [0, 0.1) is 0 Å². The molecule has 0 fully saturated rings. The Morgan fingerprint density at radius 3 is 2.15 bits per heavy atom. The topological polar surface area (TPSA) is 20.2 Å². The highest BCUT2D eigenvalue weighted by Gasteiger charge is 2.29. The van der Waals surface area contributed by atoms with Crippen LogP contribution >= 0.6 is 0 Å². The molecule has 1 aromatic rings. The van der Waals surface area contributed by atoms with Gasteiger partial charge in [0.05, 0.1) is 0 Å². The van der Waals surface area contributed by atoms with Crippen molar-refractivity contribution < 1.29 is 4.80 Å². The third-order valence-corrected chi connectivity index (χ3v) is 4.91. The summed E-state index contributed by atoms with van der Waals surface area (Å²) in [7, 11) is -2.03. The van der Waals surface area contributed by atoms with Gasteiger partial charge in [-0.15, -0.1) is 0 Å². The van der Waals surface area contributed by atoms with Gasteiger partial charge in [-0.25, -0.2) is 0 Å². The average molecular weight is 194 g/mol. The Bertz CT molecular complexity index is 251. The van der Waals surface area contributed by atoms with E-state index in [9.17, 15) is 4.80 Å². The summed E-state index contributed by atoms with van der Waals surface area (Å²) in [6.45, 7) is 6.16. The Morgan fingerprint density at radius 1 is 1.23 bits per heavy atom. The molecule has 0 aliphatic carbocycles. The average Bonchev–Trinajstić information content (AvgIpc) is 2.05. The van der Waals surface area contributed by atoms with Crippen molar-refractivity contribution in [1.82, 2.24) is 0 Å². The molecule has 2 heteroatoms. The van der Waals surface area contributed by atoms with Gasteiger partial charge in [0.2, 0.25) is 0 Å². The highest BCUT2D eigenvalue weighted by Crippen LogP contribution is 2.27. The molecule has 0 aliphatic rings. The van der Waals surface area contributed by atoms with E-state index >= 15 is 0 Å². The molecule has 0 saturated heterocycles. The van der Waals surface area contributed by atoms with Gasteiger partial charge in [-0.3, -0.25) is 0 Å². The molecular weight excluding hydrogens is 176 g/mol. The maximum absolute atomic E-state index is 10.1. The fourth-order valence-electron chi connectivity index (χ4n) is 1.83. The molecule has 0 saturated carbocycles. The van der Waals surface area contributed by atoms with Crippen LogP contribution in [0.2, 0.25) is 13.1 Å². The largest absolute Gasteiger partial charge is 0.432 e. The van der Waals surface area contributed by atoms with Crippen LogP contribution in [0.5, 0.6) is 0 Å². The summed E-state index contributed by atoms with van der Waals surface area (Å²) >= 11 is 0. The molecule has 1 unspecified atom stereocenters. The van der Waals surface area contributed by atoms with Crippen LogP contribution in [0.3, 0.4) is 0 Å². The van der Waals surface area contributed by atoms with Gasteiger partial charge in [-0.2, -0.15) is 0 Å². The zero-order valence-corrected chi connectivity index (χ0v) is 9.62. The summed E-state index contributed by atoms with van der Waals surface area (Å²) in [5.74, 6) is 0. The van der Waals surface area contributed by atoms with Crippen molar-refractivity contribution in [2.24, 2.45) is 0 Å². The molecule has 0 aliphatic heterocycles. The third kappa shape index (κ3) is 2.67. The predicted octanol–water partition coefficient (Wildman–Crippen LogP) is 2.92. The van der Waals surface area contributed by atoms with Crippen LogP contribution in [-0.2, 0) is 0 Å². The van der Waals surface area contributed by atoms with Crippen LogP contribution < -0.4 is 0 Å². The van der Waals surface area contributed by atoms with E-state index in [1.807, 2.05) is 31.3 Å². The molecule has 0 heterocycles. The molecule has 1 aromatic carbocycles. The van der Waals surface area contributed by atoms with Crippen LogP contribution in [0.1, 0.15) is 24.4 Å². The van der Waals surface area contributed by atoms with E-state index in [1.54, 1.807) is 0 Å². The fraction of sp³-hybridized carbons (Fsp3) is 0.455. The van der Waals surface area contributed by atoms with Crippen molar-refractivity contribution >= 4 is 8.32 Å². The molecule has 0 bridgehead atoms. The van der Waals surface area contributed by atoms with E-state index in [0.717, 1.165) is 6.42 Å². The van der Waals surface area contributed by atoms with Crippen molar-refractivity contribution in [1.29, 1.82) is 0 Å². The lowest BCUT2D eigenvalue weighted by atomic mass is 10.1. The molecule has 72 valence electrons. The Kier molecular flexibility index (Phi) is 3.28. The lowest BCUT2D eigenvalue weighted by Crippen LogP contribution is -2.34. The Morgan fingerprint density at radius 2 is 1.77 bits per heavy atom. The summed E-state index contributed by atoms with van der Waals surface area (Å²) in [6, 6.07) is 10.3. The molecule has 1 N–H and O–H groups in total. The fourth-order valence-corrected chi connectivity index (χ4v) is 3.84. The summed E-state index contributed by atoms with van der Waals surface area (Å²) in [4.78, 5) is 10.1.